The Morgan fingerprint density at radius 3 is 2.73 bits per heavy atom. The molecular weight excluding hydrogens is 479 g/mol. The number of thioether (sulfide) groups is 1. The SMILES string of the molecule is CN=C(NCCCSc1nccs1)N1CCN(c2ccccn2)CC1.I. The van der Waals surface area contributed by atoms with Gasteiger partial charge in [-0.2, -0.15) is 0 Å². The van der Waals surface area contributed by atoms with E-state index >= 15 is 0 Å². The Morgan fingerprint density at radius 1 is 1.23 bits per heavy atom. The lowest BCUT2D eigenvalue weighted by molar-refractivity contribution is 0.371. The molecule has 0 aliphatic carbocycles. The molecule has 1 fully saturated rings. The van der Waals surface area contributed by atoms with E-state index in [0.29, 0.717) is 0 Å². The lowest BCUT2D eigenvalue weighted by Gasteiger charge is -2.37. The van der Waals surface area contributed by atoms with Crippen molar-refractivity contribution in [2.45, 2.75) is 10.8 Å². The monoisotopic (exact) mass is 504 g/mol. The highest BCUT2D eigenvalue weighted by molar-refractivity contribution is 14.0. The summed E-state index contributed by atoms with van der Waals surface area (Å²) in [5.41, 5.74) is 0. The van der Waals surface area contributed by atoms with Crippen molar-refractivity contribution < 1.29 is 0 Å². The zero-order valence-electron chi connectivity index (χ0n) is 14.9. The fraction of sp³-hybridized carbons (Fsp3) is 0.471. The van der Waals surface area contributed by atoms with Gasteiger partial charge in [0.25, 0.3) is 0 Å². The van der Waals surface area contributed by atoms with Crippen molar-refractivity contribution in [3.8, 4) is 0 Å². The van der Waals surface area contributed by atoms with Gasteiger partial charge in [-0.3, -0.25) is 4.99 Å². The van der Waals surface area contributed by atoms with Gasteiger partial charge in [0.15, 0.2) is 5.96 Å². The van der Waals surface area contributed by atoms with E-state index in [-0.39, 0.29) is 24.0 Å². The molecule has 142 valence electrons. The lowest BCUT2D eigenvalue weighted by Crippen LogP contribution is -2.52. The third-order valence-electron chi connectivity index (χ3n) is 4.00. The molecule has 6 nitrogen and oxygen atoms in total. The highest BCUT2D eigenvalue weighted by Crippen LogP contribution is 2.20. The van der Waals surface area contributed by atoms with Gasteiger partial charge in [-0.15, -0.1) is 35.3 Å². The van der Waals surface area contributed by atoms with E-state index < -0.39 is 0 Å². The zero-order chi connectivity index (χ0) is 17.3. The van der Waals surface area contributed by atoms with Crippen LogP contribution < -0.4 is 10.2 Å². The Bertz CT molecular complexity index is 645. The van der Waals surface area contributed by atoms with Crippen molar-refractivity contribution in [1.82, 2.24) is 20.2 Å². The Hall–Kier alpha value is -1.07. The van der Waals surface area contributed by atoms with Gasteiger partial charge in [-0.1, -0.05) is 17.8 Å². The number of rotatable bonds is 6. The summed E-state index contributed by atoms with van der Waals surface area (Å²) in [6, 6.07) is 6.07. The number of nitrogens with zero attached hydrogens (tertiary/aromatic N) is 5. The number of halogens is 1. The van der Waals surface area contributed by atoms with Crippen molar-refractivity contribution in [3.05, 3.63) is 36.0 Å². The summed E-state index contributed by atoms with van der Waals surface area (Å²) >= 11 is 3.52. The van der Waals surface area contributed by atoms with Crippen LogP contribution in [-0.2, 0) is 0 Å². The van der Waals surface area contributed by atoms with Gasteiger partial charge in [-0.05, 0) is 18.6 Å². The maximum atomic E-state index is 4.44. The Kier molecular flexibility index (Phi) is 9.48. The smallest absolute Gasteiger partial charge is 0.193 e. The quantitative estimate of drug-likeness (QED) is 0.215. The van der Waals surface area contributed by atoms with E-state index in [1.165, 1.54) is 0 Å². The molecular formula is C17H25IN6S2. The highest BCUT2D eigenvalue weighted by atomic mass is 127. The molecule has 0 aromatic carbocycles. The fourth-order valence-electron chi connectivity index (χ4n) is 2.73. The second-order valence-corrected chi connectivity index (χ2v) is 7.87. The normalized spacial score (nSPS) is 14.9. The number of nitrogens with one attached hydrogen (secondary N) is 1. The number of thiazole rings is 1. The van der Waals surface area contributed by atoms with Crippen molar-refractivity contribution in [2.75, 3.05) is 50.4 Å². The van der Waals surface area contributed by atoms with Crippen LogP contribution in [0.1, 0.15) is 6.42 Å². The number of pyridine rings is 1. The molecule has 9 heteroatoms. The highest BCUT2D eigenvalue weighted by Gasteiger charge is 2.20. The number of anilines is 1. The number of guanidine groups is 1. The summed E-state index contributed by atoms with van der Waals surface area (Å²) in [6.45, 7) is 4.80. The Morgan fingerprint density at radius 2 is 2.08 bits per heavy atom. The standard InChI is InChI=1S/C17H24N6S2.HI/c1-18-16(20-7-4-13-24-17-21-8-14-25-17)23-11-9-22(10-12-23)15-5-2-3-6-19-15;/h2-3,5-6,8,14H,4,7,9-13H2,1H3,(H,18,20);1H. The number of aliphatic imine (C=N–C) groups is 1. The summed E-state index contributed by atoms with van der Waals surface area (Å²) < 4.78 is 1.15. The van der Waals surface area contributed by atoms with E-state index in [2.05, 4.69) is 36.1 Å². The second kappa shape index (κ2) is 11.6. The molecule has 0 radical (unpaired) electrons. The molecule has 1 aliphatic rings. The third-order valence-corrected chi connectivity index (χ3v) is 6.06. The van der Waals surface area contributed by atoms with Gasteiger partial charge in [-0.25, -0.2) is 9.97 Å². The molecule has 0 bridgehead atoms. The third kappa shape index (κ3) is 6.27. The molecule has 1 N–H and O–H groups in total. The van der Waals surface area contributed by atoms with Gasteiger partial charge in [0.1, 0.15) is 10.2 Å². The molecule has 3 heterocycles. The van der Waals surface area contributed by atoms with Gasteiger partial charge in [0.05, 0.1) is 0 Å². The fourth-order valence-corrected chi connectivity index (χ4v) is 4.38. The van der Waals surface area contributed by atoms with Crippen LogP contribution in [0.15, 0.2) is 45.3 Å². The van der Waals surface area contributed by atoms with Crippen LogP contribution in [0, 0.1) is 0 Å². The minimum atomic E-state index is 0. The summed E-state index contributed by atoms with van der Waals surface area (Å²) in [6.07, 6.45) is 4.81. The van der Waals surface area contributed by atoms with Crippen LogP contribution in [0.5, 0.6) is 0 Å². The Balaban J connectivity index is 0.00000243. The maximum absolute atomic E-state index is 4.44. The maximum Gasteiger partial charge on any atom is 0.193 e. The molecule has 0 spiro atoms. The molecule has 1 aliphatic heterocycles. The number of hydrogen-bond acceptors (Lipinski definition) is 6. The average molecular weight is 504 g/mol. The molecule has 0 atom stereocenters. The topological polar surface area (TPSA) is 56.7 Å². The minimum Gasteiger partial charge on any atom is -0.356 e. The summed E-state index contributed by atoms with van der Waals surface area (Å²) in [5, 5.41) is 5.51. The van der Waals surface area contributed by atoms with Crippen molar-refractivity contribution in [2.24, 2.45) is 4.99 Å². The van der Waals surface area contributed by atoms with E-state index in [0.717, 1.165) is 61.0 Å². The predicted octanol–water partition coefficient (Wildman–Crippen LogP) is 3.04. The van der Waals surface area contributed by atoms with Crippen LogP contribution in [0.2, 0.25) is 0 Å². The first kappa shape index (κ1) is 21.2. The molecule has 0 amide bonds. The van der Waals surface area contributed by atoms with Crippen molar-refractivity contribution in [1.29, 1.82) is 0 Å². The van der Waals surface area contributed by atoms with Gasteiger partial charge in [0, 0.05) is 63.3 Å². The molecule has 2 aromatic heterocycles. The van der Waals surface area contributed by atoms with Crippen LogP contribution in [0.3, 0.4) is 0 Å². The summed E-state index contributed by atoms with van der Waals surface area (Å²) in [5.74, 6) is 3.13. The van der Waals surface area contributed by atoms with E-state index in [4.69, 9.17) is 0 Å². The molecule has 26 heavy (non-hydrogen) atoms. The van der Waals surface area contributed by atoms with Crippen LogP contribution in [-0.4, -0.2) is 66.4 Å². The van der Waals surface area contributed by atoms with Crippen molar-refractivity contribution in [3.63, 3.8) is 0 Å². The summed E-state index contributed by atoms with van der Waals surface area (Å²) in [4.78, 5) is 17.8. The predicted molar refractivity (Wildman–Crippen MR) is 122 cm³/mol. The number of hydrogen-bond donors (Lipinski definition) is 1. The number of piperazine rings is 1. The van der Waals surface area contributed by atoms with Crippen LogP contribution in [0.4, 0.5) is 5.82 Å². The Labute approximate surface area is 180 Å². The first-order chi connectivity index (χ1) is 12.4. The van der Waals surface area contributed by atoms with Crippen LogP contribution in [0.25, 0.3) is 0 Å². The van der Waals surface area contributed by atoms with Crippen molar-refractivity contribution >= 4 is 58.9 Å². The van der Waals surface area contributed by atoms with Gasteiger partial charge >= 0.3 is 0 Å². The van der Waals surface area contributed by atoms with E-state index in [1.807, 2.05) is 48.7 Å². The number of aromatic nitrogens is 2. The lowest BCUT2D eigenvalue weighted by atomic mass is 10.3. The van der Waals surface area contributed by atoms with Gasteiger partial charge < -0.3 is 15.1 Å². The molecule has 0 saturated carbocycles. The van der Waals surface area contributed by atoms with Crippen LogP contribution >= 0.6 is 47.1 Å². The average Bonchev–Trinajstić information content (AvgIpc) is 3.19. The molecule has 1 saturated heterocycles. The largest absolute Gasteiger partial charge is 0.356 e. The minimum absolute atomic E-state index is 0. The van der Waals surface area contributed by atoms with Gasteiger partial charge in [0.2, 0.25) is 0 Å². The van der Waals surface area contributed by atoms with E-state index in [9.17, 15) is 0 Å². The zero-order valence-corrected chi connectivity index (χ0v) is 18.8. The molecule has 3 rings (SSSR count). The molecule has 2 aromatic rings. The first-order valence-electron chi connectivity index (χ1n) is 8.50. The first-order valence-corrected chi connectivity index (χ1v) is 10.4. The second-order valence-electron chi connectivity index (χ2n) is 5.64. The van der Waals surface area contributed by atoms with E-state index in [1.54, 1.807) is 11.3 Å². The molecule has 0 unspecified atom stereocenters. The summed E-state index contributed by atoms with van der Waals surface area (Å²) in [7, 11) is 1.86.